The number of methoxy groups -OCH3 is 1. The molecule has 0 bridgehead atoms. The predicted octanol–water partition coefficient (Wildman–Crippen LogP) is 1.33. The minimum absolute atomic E-state index is 0.437. The molecule has 1 aromatic carbocycles. The van der Waals surface area contributed by atoms with Crippen molar-refractivity contribution in [1.82, 2.24) is 0 Å². The molecule has 1 fully saturated rings. The standard InChI is InChI=1S/C24H28O12/c1-13(25)31-12-19-21(32-14(2)26)22(33-15(3)27)23(34-16(4)28)24(35-19)36-20(29)11-8-17-6-9-18(30-5)10-7-17/h6-11,19,21-24H,12H2,1-5H3/b11-8+/t19-,21-,22+,23-,24+/m0/s1. The lowest BCUT2D eigenvalue weighted by molar-refractivity contribution is -0.299. The number of esters is 5. The Hall–Kier alpha value is -3.93. The summed E-state index contributed by atoms with van der Waals surface area (Å²) in [4.78, 5) is 59.3. The Kier molecular flexibility index (Phi) is 10.4. The van der Waals surface area contributed by atoms with Gasteiger partial charge in [0.2, 0.25) is 12.4 Å². The van der Waals surface area contributed by atoms with Crippen LogP contribution in [0.5, 0.6) is 5.75 Å². The van der Waals surface area contributed by atoms with Crippen LogP contribution in [0, 0.1) is 0 Å². The fraction of sp³-hybridized carbons (Fsp3) is 0.458. The van der Waals surface area contributed by atoms with Gasteiger partial charge in [0.25, 0.3) is 0 Å². The van der Waals surface area contributed by atoms with Gasteiger partial charge in [-0.05, 0) is 23.8 Å². The highest BCUT2D eigenvalue weighted by molar-refractivity contribution is 5.87. The maximum atomic E-state index is 12.6. The topological polar surface area (TPSA) is 150 Å². The van der Waals surface area contributed by atoms with Crippen molar-refractivity contribution < 1.29 is 57.1 Å². The summed E-state index contributed by atoms with van der Waals surface area (Å²) >= 11 is 0. The van der Waals surface area contributed by atoms with E-state index in [-0.39, 0.29) is 0 Å². The molecule has 0 spiro atoms. The molecule has 12 nitrogen and oxygen atoms in total. The van der Waals surface area contributed by atoms with Crippen molar-refractivity contribution >= 4 is 35.9 Å². The second kappa shape index (κ2) is 13.2. The second-order valence-corrected chi connectivity index (χ2v) is 7.61. The minimum Gasteiger partial charge on any atom is -0.497 e. The van der Waals surface area contributed by atoms with Gasteiger partial charge in [0.1, 0.15) is 18.5 Å². The molecular formula is C24H28O12. The Morgan fingerprint density at radius 1 is 0.778 bits per heavy atom. The maximum absolute atomic E-state index is 12.6. The van der Waals surface area contributed by atoms with Gasteiger partial charge >= 0.3 is 29.8 Å². The van der Waals surface area contributed by atoms with E-state index in [1.165, 1.54) is 13.2 Å². The molecule has 0 aliphatic carbocycles. The first-order valence-corrected chi connectivity index (χ1v) is 10.8. The van der Waals surface area contributed by atoms with Crippen LogP contribution in [-0.4, -0.2) is 74.3 Å². The number of ether oxygens (including phenoxy) is 7. The summed E-state index contributed by atoms with van der Waals surface area (Å²) in [5.41, 5.74) is 0.661. The molecule has 0 radical (unpaired) electrons. The number of carbonyl (C=O) groups excluding carboxylic acids is 5. The van der Waals surface area contributed by atoms with Gasteiger partial charge in [-0.2, -0.15) is 0 Å². The first-order chi connectivity index (χ1) is 17.0. The van der Waals surface area contributed by atoms with Crippen molar-refractivity contribution in [1.29, 1.82) is 0 Å². The van der Waals surface area contributed by atoms with E-state index < -0.39 is 67.2 Å². The summed E-state index contributed by atoms with van der Waals surface area (Å²) in [6.07, 6.45) is -4.53. The van der Waals surface area contributed by atoms with Crippen LogP contribution in [0.1, 0.15) is 33.3 Å². The first kappa shape index (κ1) is 28.3. The molecule has 12 heteroatoms. The van der Waals surface area contributed by atoms with Crippen molar-refractivity contribution in [2.75, 3.05) is 13.7 Å². The Bertz CT molecular complexity index is 983. The van der Waals surface area contributed by atoms with Crippen LogP contribution in [0.15, 0.2) is 30.3 Å². The van der Waals surface area contributed by atoms with Gasteiger partial charge in [-0.15, -0.1) is 0 Å². The fourth-order valence-corrected chi connectivity index (χ4v) is 3.32. The van der Waals surface area contributed by atoms with Crippen molar-refractivity contribution in [3.63, 3.8) is 0 Å². The van der Waals surface area contributed by atoms with E-state index in [1.54, 1.807) is 24.3 Å². The Morgan fingerprint density at radius 2 is 1.33 bits per heavy atom. The molecule has 0 saturated carbocycles. The summed E-state index contributed by atoms with van der Waals surface area (Å²) in [6, 6.07) is 6.81. The molecule has 36 heavy (non-hydrogen) atoms. The molecule has 0 amide bonds. The summed E-state index contributed by atoms with van der Waals surface area (Å²) in [5.74, 6) is -3.29. The second-order valence-electron chi connectivity index (χ2n) is 7.61. The predicted molar refractivity (Wildman–Crippen MR) is 120 cm³/mol. The van der Waals surface area contributed by atoms with E-state index >= 15 is 0 Å². The van der Waals surface area contributed by atoms with Crippen molar-refractivity contribution in [2.45, 2.75) is 58.4 Å². The zero-order valence-electron chi connectivity index (χ0n) is 20.5. The van der Waals surface area contributed by atoms with Crippen LogP contribution in [0.3, 0.4) is 0 Å². The van der Waals surface area contributed by atoms with Crippen LogP contribution in [-0.2, 0) is 52.4 Å². The number of hydrogen-bond donors (Lipinski definition) is 0. The van der Waals surface area contributed by atoms with Crippen LogP contribution in [0.4, 0.5) is 0 Å². The first-order valence-electron chi connectivity index (χ1n) is 10.8. The third-order valence-corrected chi connectivity index (χ3v) is 4.71. The van der Waals surface area contributed by atoms with Crippen molar-refractivity contribution in [2.24, 2.45) is 0 Å². The van der Waals surface area contributed by atoms with E-state index in [1.807, 2.05) is 0 Å². The van der Waals surface area contributed by atoms with E-state index in [2.05, 4.69) is 0 Å². The van der Waals surface area contributed by atoms with Gasteiger partial charge in [0.05, 0.1) is 7.11 Å². The number of rotatable bonds is 9. The van der Waals surface area contributed by atoms with Crippen LogP contribution in [0.2, 0.25) is 0 Å². The van der Waals surface area contributed by atoms with Gasteiger partial charge in [-0.25, -0.2) is 4.79 Å². The molecule has 196 valence electrons. The molecule has 1 aromatic rings. The lowest BCUT2D eigenvalue weighted by atomic mass is 9.98. The summed E-state index contributed by atoms with van der Waals surface area (Å²) in [7, 11) is 1.52. The lowest BCUT2D eigenvalue weighted by Crippen LogP contribution is -2.63. The smallest absolute Gasteiger partial charge is 0.333 e. The lowest BCUT2D eigenvalue weighted by Gasteiger charge is -2.43. The molecule has 1 aliphatic rings. The van der Waals surface area contributed by atoms with Crippen LogP contribution < -0.4 is 4.74 Å². The summed E-state index contributed by atoms with van der Waals surface area (Å²) in [6.45, 7) is 3.98. The monoisotopic (exact) mass is 508 g/mol. The Labute approximate surface area is 207 Å². The Balaban J connectivity index is 2.33. The Morgan fingerprint density at radius 3 is 1.86 bits per heavy atom. The summed E-state index contributed by atoms with van der Waals surface area (Å²) < 4.78 is 36.9. The summed E-state index contributed by atoms with van der Waals surface area (Å²) in [5, 5.41) is 0. The number of benzene rings is 1. The largest absolute Gasteiger partial charge is 0.497 e. The molecule has 0 aromatic heterocycles. The highest BCUT2D eigenvalue weighted by Gasteiger charge is 2.53. The maximum Gasteiger partial charge on any atom is 0.333 e. The number of hydrogen-bond acceptors (Lipinski definition) is 12. The SMILES string of the molecule is COc1ccc(/C=C/C(=O)O[C@H]2O[C@@H](COC(C)=O)[C@H](OC(C)=O)[C@@H](OC(C)=O)[C@@H]2OC(C)=O)cc1. The van der Waals surface area contributed by atoms with E-state index in [4.69, 9.17) is 33.2 Å². The highest BCUT2D eigenvalue weighted by Crippen LogP contribution is 2.30. The third-order valence-electron chi connectivity index (χ3n) is 4.71. The van der Waals surface area contributed by atoms with E-state index in [0.29, 0.717) is 11.3 Å². The average molecular weight is 508 g/mol. The molecule has 1 saturated heterocycles. The molecule has 0 unspecified atom stereocenters. The molecule has 0 N–H and O–H groups in total. The molecule has 1 aliphatic heterocycles. The average Bonchev–Trinajstić information content (AvgIpc) is 2.79. The van der Waals surface area contributed by atoms with Crippen LogP contribution in [0.25, 0.3) is 6.08 Å². The van der Waals surface area contributed by atoms with Crippen molar-refractivity contribution in [3.8, 4) is 5.75 Å². The highest BCUT2D eigenvalue weighted by atomic mass is 16.7. The quantitative estimate of drug-likeness (QED) is 0.269. The van der Waals surface area contributed by atoms with Gasteiger partial charge in [-0.3, -0.25) is 19.2 Å². The normalized spacial score (nSPS) is 23.3. The van der Waals surface area contributed by atoms with Gasteiger partial charge in [0.15, 0.2) is 12.2 Å². The molecular weight excluding hydrogens is 480 g/mol. The molecule has 5 atom stereocenters. The fourth-order valence-electron chi connectivity index (χ4n) is 3.32. The van der Waals surface area contributed by atoms with Crippen molar-refractivity contribution in [3.05, 3.63) is 35.9 Å². The van der Waals surface area contributed by atoms with Crippen LogP contribution >= 0.6 is 0 Å². The molecule has 2 rings (SSSR count). The zero-order valence-corrected chi connectivity index (χ0v) is 20.5. The third kappa shape index (κ3) is 8.69. The van der Waals surface area contributed by atoms with Gasteiger partial charge in [-0.1, -0.05) is 12.1 Å². The number of carbonyl (C=O) groups is 5. The molecule has 1 heterocycles. The van der Waals surface area contributed by atoms with Gasteiger partial charge in [0, 0.05) is 33.8 Å². The van der Waals surface area contributed by atoms with E-state index in [9.17, 15) is 24.0 Å². The zero-order chi connectivity index (χ0) is 26.8. The van der Waals surface area contributed by atoms with E-state index in [0.717, 1.165) is 33.8 Å². The minimum atomic E-state index is -1.60. The van der Waals surface area contributed by atoms with Gasteiger partial charge < -0.3 is 33.2 Å².